The molecule has 2 rings (SSSR count). The average Bonchev–Trinajstić information content (AvgIpc) is 2.77. The van der Waals surface area contributed by atoms with Crippen LogP contribution in [0.15, 0.2) is 24.3 Å². The predicted octanol–water partition coefficient (Wildman–Crippen LogP) is 1.84. The van der Waals surface area contributed by atoms with Gasteiger partial charge in [0.1, 0.15) is 0 Å². The Hall–Kier alpha value is -1.88. The molecule has 0 unspecified atom stereocenters. The van der Waals surface area contributed by atoms with Crippen molar-refractivity contribution >= 4 is 22.9 Å². The molecule has 1 aromatic carbocycles. The maximum absolute atomic E-state index is 11.8. The van der Waals surface area contributed by atoms with E-state index in [-0.39, 0.29) is 5.91 Å². The molecule has 5 nitrogen and oxygen atoms in total. The van der Waals surface area contributed by atoms with E-state index in [4.69, 9.17) is 0 Å². The fourth-order valence-electron chi connectivity index (χ4n) is 1.83. The summed E-state index contributed by atoms with van der Waals surface area (Å²) in [6, 6.07) is 7.70. The van der Waals surface area contributed by atoms with Crippen molar-refractivity contribution in [1.29, 1.82) is 0 Å². The molecule has 5 heteroatoms. The van der Waals surface area contributed by atoms with Crippen LogP contribution in [0.1, 0.15) is 13.8 Å². The highest BCUT2D eigenvalue weighted by atomic mass is 16.2. The van der Waals surface area contributed by atoms with Crippen LogP contribution in [0.4, 0.5) is 5.95 Å². The second kappa shape index (κ2) is 5.64. The summed E-state index contributed by atoms with van der Waals surface area (Å²) >= 11 is 0. The van der Waals surface area contributed by atoms with Gasteiger partial charge in [0.2, 0.25) is 11.9 Å². The number of nitrogens with one attached hydrogen (secondary N) is 2. The second-order valence-electron chi connectivity index (χ2n) is 4.11. The fourth-order valence-corrected chi connectivity index (χ4v) is 1.83. The van der Waals surface area contributed by atoms with E-state index in [0.717, 1.165) is 24.1 Å². The third-order valence-corrected chi connectivity index (χ3v) is 2.91. The number of hydrogen-bond donors (Lipinski definition) is 2. The van der Waals surface area contributed by atoms with Crippen LogP contribution in [0.5, 0.6) is 0 Å². The van der Waals surface area contributed by atoms with E-state index < -0.39 is 0 Å². The van der Waals surface area contributed by atoms with E-state index in [9.17, 15) is 4.79 Å². The fraction of sp³-hybridized carbons (Fsp3) is 0.385. The van der Waals surface area contributed by atoms with Crippen molar-refractivity contribution in [2.45, 2.75) is 13.8 Å². The monoisotopic (exact) mass is 246 g/mol. The Balaban J connectivity index is 2.02. The summed E-state index contributed by atoms with van der Waals surface area (Å²) < 4.78 is 0. The van der Waals surface area contributed by atoms with Crippen LogP contribution in [-0.2, 0) is 4.79 Å². The van der Waals surface area contributed by atoms with Gasteiger partial charge in [0, 0.05) is 0 Å². The number of carbonyl (C=O) groups is 1. The molecular formula is C13H18N4O. The minimum atomic E-state index is -0.0437. The zero-order chi connectivity index (χ0) is 13.0. The molecule has 0 saturated heterocycles. The number of hydrogen-bond acceptors (Lipinski definition) is 3. The third-order valence-electron chi connectivity index (χ3n) is 2.91. The molecule has 0 saturated carbocycles. The highest BCUT2D eigenvalue weighted by molar-refractivity contribution is 5.92. The van der Waals surface area contributed by atoms with E-state index in [1.807, 2.05) is 38.1 Å². The van der Waals surface area contributed by atoms with Crippen molar-refractivity contribution < 1.29 is 4.79 Å². The predicted molar refractivity (Wildman–Crippen MR) is 72.5 cm³/mol. The first-order valence-electron chi connectivity index (χ1n) is 6.20. The molecule has 0 spiro atoms. The lowest BCUT2D eigenvalue weighted by molar-refractivity contribution is -0.117. The van der Waals surface area contributed by atoms with Crippen molar-refractivity contribution in [3.8, 4) is 0 Å². The average molecular weight is 246 g/mol. The van der Waals surface area contributed by atoms with Gasteiger partial charge in [0.15, 0.2) is 0 Å². The number of fused-ring (bicyclic) bond motifs is 1. The molecule has 0 bridgehead atoms. The molecule has 1 aromatic heterocycles. The number of carbonyl (C=O) groups excluding carboxylic acids is 1. The maximum Gasteiger partial charge on any atom is 0.240 e. The van der Waals surface area contributed by atoms with Gasteiger partial charge < -0.3 is 4.98 Å². The number of nitrogens with zero attached hydrogens (tertiary/aromatic N) is 2. The quantitative estimate of drug-likeness (QED) is 0.846. The molecule has 0 aliphatic carbocycles. The number of rotatable bonds is 5. The minimum absolute atomic E-state index is 0.0437. The van der Waals surface area contributed by atoms with Gasteiger partial charge in [-0.05, 0) is 25.2 Å². The Labute approximate surface area is 106 Å². The highest BCUT2D eigenvalue weighted by Crippen LogP contribution is 2.13. The number of aromatic nitrogens is 2. The number of para-hydroxylation sites is 2. The molecule has 0 aliphatic heterocycles. The molecule has 0 atom stereocenters. The largest absolute Gasteiger partial charge is 0.324 e. The van der Waals surface area contributed by atoms with Crippen molar-refractivity contribution in [1.82, 2.24) is 14.9 Å². The normalized spacial score (nSPS) is 11.1. The molecule has 0 radical (unpaired) electrons. The summed E-state index contributed by atoms with van der Waals surface area (Å²) in [6.45, 7) is 6.20. The van der Waals surface area contributed by atoms with Crippen LogP contribution in [0, 0.1) is 0 Å². The van der Waals surface area contributed by atoms with Crippen LogP contribution in [-0.4, -0.2) is 40.4 Å². The summed E-state index contributed by atoms with van der Waals surface area (Å²) in [6.07, 6.45) is 0. The number of likely N-dealkylation sites (N-methyl/N-ethyl adjacent to an activating group) is 1. The first-order valence-corrected chi connectivity index (χ1v) is 6.20. The van der Waals surface area contributed by atoms with Crippen LogP contribution in [0.25, 0.3) is 11.0 Å². The van der Waals surface area contributed by atoms with E-state index in [0.29, 0.717) is 12.5 Å². The van der Waals surface area contributed by atoms with Gasteiger partial charge in [0.05, 0.1) is 17.6 Å². The van der Waals surface area contributed by atoms with Gasteiger partial charge in [0.25, 0.3) is 0 Å². The van der Waals surface area contributed by atoms with Crippen molar-refractivity contribution in [2.24, 2.45) is 0 Å². The molecule has 0 fully saturated rings. The lowest BCUT2D eigenvalue weighted by Gasteiger charge is -2.16. The molecular weight excluding hydrogens is 228 g/mol. The molecule has 18 heavy (non-hydrogen) atoms. The molecule has 1 amide bonds. The summed E-state index contributed by atoms with van der Waals surface area (Å²) in [5, 5.41) is 2.78. The van der Waals surface area contributed by atoms with Gasteiger partial charge in [-0.3, -0.25) is 15.0 Å². The van der Waals surface area contributed by atoms with E-state index >= 15 is 0 Å². The highest BCUT2D eigenvalue weighted by Gasteiger charge is 2.09. The number of H-pyrrole nitrogens is 1. The Morgan fingerprint density at radius 1 is 1.33 bits per heavy atom. The smallest absolute Gasteiger partial charge is 0.240 e. The molecule has 2 N–H and O–H groups in total. The number of amides is 1. The van der Waals surface area contributed by atoms with Crippen molar-refractivity contribution in [3.63, 3.8) is 0 Å². The summed E-state index contributed by atoms with van der Waals surface area (Å²) in [5.74, 6) is 0.464. The number of benzene rings is 1. The Kier molecular flexibility index (Phi) is 3.94. The lowest BCUT2D eigenvalue weighted by Crippen LogP contribution is -2.33. The van der Waals surface area contributed by atoms with Crippen LogP contribution >= 0.6 is 0 Å². The second-order valence-corrected chi connectivity index (χ2v) is 4.11. The Bertz CT molecular complexity index is 498. The number of anilines is 1. The molecule has 0 aliphatic rings. The van der Waals surface area contributed by atoms with Crippen LogP contribution in [0.3, 0.4) is 0 Å². The minimum Gasteiger partial charge on any atom is -0.324 e. The third kappa shape index (κ3) is 2.87. The summed E-state index contributed by atoms with van der Waals surface area (Å²) in [5.41, 5.74) is 1.78. The first kappa shape index (κ1) is 12.6. The Morgan fingerprint density at radius 2 is 2.06 bits per heavy atom. The van der Waals surface area contributed by atoms with E-state index in [2.05, 4.69) is 20.2 Å². The molecule has 1 heterocycles. The van der Waals surface area contributed by atoms with Crippen LogP contribution in [0.2, 0.25) is 0 Å². The lowest BCUT2D eigenvalue weighted by atomic mass is 10.3. The van der Waals surface area contributed by atoms with E-state index in [1.54, 1.807) is 0 Å². The Morgan fingerprint density at radius 3 is 2.72 bits per heavy atom. The van der Waals surface area contributed by atoms with Gasteiger partial charge in [-0.1, -0.05) is 26.0 Å². The number of imidazole rings is 1. The van der Waals surface area contributed by atoms with Crippen molar-refractivity contribution in [2.75, 3.05) is 25.0 Å². The van der Waals surface area contributed by atoms with Crippen molar-refractivity contribution in [3.05, 3.63) is 24.3 Å². The van der Waals surface area contributed by atoms with Gasteiger partial charge >= 0.3 is 0 Å². The maximum atomic E-state index is 11.8. The van der Waals surface area contributed by atoms with Crippen LogP contribution < -0.4 is 5.32 Å². The molecule has 96 valence electrons. The van der Waals surface area contributed by atoms with Gasteiger partial charge in [-0.15, -0.1) is 0 Å². The summed E-state index contributed by atoms with van der Waals surface area (Å²) in [4.78, 5) is 21.2. The summed E-state index contributed by atoms with van der Waals surface area (Å²) in [7, 11) is 0. The topological polar surface area (TPSA) is 61.0 Å². The van der Waals surface area contributed by atoms with Gasteiger partial charge in [-0.25, -0.2) is 4.98 Å². The zero-order valence-electron chi connectivity index (χ0n) is 10.7. The zero-order valence-corrected chi connectivity index (χ0v) is 10.7. The SMILES string of the molecule is CCN(CC)CC(=O)Nc1nc2ccccc2[nH]1. The standard InChI is InChI=1S/C13H18N4O/c1-3-17(4-2)9-12(18)16-13-14-10-7-5-6-8-11(10)15-13/h5-8H,3-4,9H2,1-2H3,(H2,14,15,16,18). The molecule has 2 aromatic rings. The van der Waals surface area contributed by atoms with E-state index in [1.165, 1.54) is 0 Å². The number of aromatic amines is 1. The first-order chi connectivity index (χ1) is 8.72. The van der Waals surface area contributed by atoms with Gasteiger partial charge in [-0.2, -0.15) is 0 Å².